The quantitative estimate of drug-likeness (QED) is 0.359. The number of para-hydroxylation sites is 1. The molecule has 0 saturated heterocycles. The number of aromatic nitrogens is 3. The minimum Gasteiger partial charge on any atom is -0.268 e. The minimum atomic E-state index is -0.273. The summed E-state index contributed by atoms with van der Waals surface area (Å²) in [5, 5.41) is 1.07. The number of benzene rings is 2. The maximum Gasteiger partial charge on any atom is 0.267 e. The summed E-state index contributed by atoms with van der Waals surface area (Å²) in [6.07, 6.45) is 1.73. The molecule has 28 heavy (non-hydrogen) atoms. The normalized spacial score (nSPS) is 12.2. The summed E-state index contributed by atoms with van der Waals surface area (Å²) in [4.78, 5) is 22.4. The van der Waals surface area contributed by atoms with Crippen LogP contribution in [0.2, 0.25) is 0 Å². The van der Waals surface area contributed by atoms with Gasteiger partial charge < -0.3 is 0 Å². The summed E-state index contributed by atoms with van der Waals surface area (Å²) >= 11 is 1.45. The van der Waals surface area contributed by atoms with Crippen LogP contribution < -0.4 is 5.56 Å². The van der Waals surface area contributed by atoms with Gasteiger partial charge in [-0.25, -0.2) is 18.9 Å². The van der Waals surface area contributed by atoms with E-state index in [2.05, 4.69) is 4.98 Å². The van der Waals surface area contributed by atoms with Gasteiger partial charge in [0.1, 0.15) is 11.6 Å². The van der Waals surface area contributed by atoms with E-state index in [0.29, 0.717) is 21.9 Å². The van der Waals surface area contributed by atoms with Gasteiger partial charge in [0.05, 0.1) is 10.9 Å². The van der Waals surface area contributed by atoms with Gasteiger partial charge in [0.15, 0.2) is 5.16 Å². The molecule has 1 atom stereocenters. The van der Waals surface area contributed by atoms with Crippen LogP contribution in [0.15, 0.2) is 76.8 Å². The molecule has 0 N–H and O–H groups in total. The maximum atomic E-state index is 13.2. The van der Waals surface area contributed by atoms with Crippen molar-refractivity contribution in [1.29, 1.82) is 0 Å². The summed E-state index contributed by atoms with van der Waals surface area (Å²) in [6, 6.07) is 17.4. The second-order valence-electron chi connectivity index (χ2n) is 6.56. The zero-order chi connectivity index (χ0) is 19.7. The molecule has 4 nitrogen and oxygen atoms in total. The van der Waals surface area contributed by atoms with Crippen LogP contribution in [0.25, 0.3) is 16.7 Å². The van der Waals surface area contributed by atoms with Crippen molar-refractivity contribution in [3.63, 3.8) is 0 Å². The lowest BCUT2D eigenvalue weighted by Gasteiger charge is -2.16. The number of nitrogens with zero attached hydrogens (tertiary/aromatic N) is 3. The molecule has 0 spiro atoms. The number of hydrogen-bond donors (Lipinski definition) is 0. The molecule has 0 saturated carbocycles. The first-order chi connectivity index (χ1) is 13.5. The number of fused-ring (bicyclic) bond motifs is 1. The highest BCUT2D eigenvalue weighted by atomic mass is 32.2. The largest absolute Gasteiger partial charge is 0.268 e. The molecule has 2 heterocycles. The molecule has 0 fully saturated rings. The van der Waals surface area contributed by atoms with Crippen molar-refractivity contribution in [1.82, 2.24) is 14.5 Å². The molecular weight excluding hydrogens is 373 g/mol. The lowest BCUT2D eigenvalue weighted by Crippen LogP contribution is -2.22. The minimum absolute atomic E-state index is 0.0228. The third kappa shape index (κ3) is 3.55. The number of rotatable bonds is 4. The molecule has 2 aromatic heterocycles. The molecule has 4 aromatic rings. The fourth-order valence-electron chi connectivity index (χ4n) is 2.95. The van der Waals surface area contributed by atoms with E-state index in [9.17, 15) is 9.18 Å². The standard InChI is InChI=1S/C22H18FN3OS/c1-14-7-12-20(24-13-14)26-21(27)18-5-3-4-6-19(18)25-22(26)28-15(2)16-8-10-17(23)11-9-16/h3-13,15H,1-2H3. The van der Waals surface area contributed by atoms with Crippen LogP contribution in [0.3, 0.4) is 0 Å². The summed E-state index contributed by atoms with van der Waals surface area (Å²) in [7, 11) is 0. The zero-order valence-electron chi connectivity index (χ0n) is 15.5. The van der Waals surface area contributed by atoms with Gasteiger partial charge in [-0.1, -0.05) is 42.1 Å². The second kappa shape index (κ2) is 7.56. The highest BCUT2D eigenvalue weighted by Gasteiger charge is 2.17. The monoisotopic (exact) mass is 391 g/mol. The van der Waals surface area contributed by atoms with Gasteiger partial charge in [-0.3, -0.25) is 4.79 Å². The van der Waals surface area contributed by atoms with Crippen molar-refractivity contribution in [3.05, 3.63) is 94.2 Å². The summed E-state index contributed by atoms with van der Waals surface area (Å²) in [6.45, 7) is 3.95. The number of aryl methyl sites for hydroxylation is 1. The Morgan fingerprint density at radius 3 is 2.50 bits per heavy atom. The van der Waals surface area contributed by atoms with Crippen molar-refractivity contribution < 1.29 is 4.39 Å². The van der Waals surface area contributed by atoms with E-state index in [1.165, 1.54) is 23.9 Å². The predicted octanol–water partition coefficient (Wildman–Crippen LogP) is 5.08. The topological polar surface area (TPSA) is 47.8 Å². The Bertz CT molecular complexity index is 1190. The lowest BCUT2D eigenvalue weighted by atomic mass is 10.2. The maximum absolute atomic E-state index is 13.2. The third-order valence-corrected chi connectivity index (χ3v) is 5.60. The van der Waals surface area contributed by atoms with E-state index in [1.807, 2.05) is 44.2 Å². The highest BCUT2D eigenvalue weighted by molar-refractivity contribution is 7.99. The van der Waals surface area contributed by atoms with Crippen LogP contribution in [0.1, 0.15) is 23.3 Å². The number of pyridine rings is 1. The fourth-order valence-corrected chi connectivity index (χ4v) is 3.99. The molecule has 0 aliphatic rings. The first-order valence-electron chi connectivity index (χ1n) is 8.90. The lowest BCUT2D eigenvalue weighted by molar-refractivity contribution is 0.627. The van der Waals surface area contributed by atoms with Crippen LogP contribution in [-0.4, -0.2) is 14.5 Å². The molecule has 2 aromatic carbocycles. The zero-order valence-corrected chi connectivity index (χ0v) is 16.3. The highest BCUT2D eigenvalue weighted by Crippen LogP contribution is 2.34. The van der Waals surface area contributed by atoms with Crippen molar-refractivity contribution >= 4 is 22.7 Å². The Morgan fingerprint density at radius 1 is 1.04 bits per heavy atom. The van der Waals surface area contributed by atoms with Crippen molar-refractivity contribution in [2.24, 2.45) is 0 Å². The SMILES string of the molecule is Cc1ccc(-n2c(SC(C)c3ccc(F)cc3)nc3ccccc3c2=O)nc1. The summed E-state index contributed by atoms with van der Waals surface area (Å²) < 4.78 is 14.8. The Morgan fingerprint density at radius 2 is 1.79 bits per heavy atom. The van der Waals surface area contributed by atoms with Gasteiger partial charge in [-0.2, -0.15) is 0 Å². The number of hydrogen-bond acceptors (Lipinski definition) is 4. The molecule has 0 amide bonds. The van der Waals surface area contributed by atoms with Crippen LogP contribution in [0, 0.1) is 12.7 Å². The smallest absolute Gasteiger partial charge is 0.267 e. The van der Waals surface area contributed by atoms with E-state index in [-0.39, 0.29) is 16.6 Å². The van der Waals surface area contributed by atoms with E-state index in [4.69, 9.17) is 4.98 Å². The van der Waals surface area contributed by atoms with Crippen LogP contribution >= 0.6 is 11.8 Å². The molecule has 1 unspecified atom stereocenters. The van der Waals surface area contributed by atoms with Gasteiger partial charge in [0.25, 0.3) is 5.56 Å². The Kier molecular flexibility index (Phi) is 4.96. The molecule has 140 valence electrons. The van der Waals surface area contributed by atoms with Gasteiger partial charge in [0.2, 0.25) is 0 Å². The summed E-state index contributed by atoms with van der Waals surface area (Å²) in [5.41, 5.74) is 2.46. The van der Waals surface area contributed by atoms with E-state index >= 15 is 0 Å². The first kappa shape index (κ1) is 18.4. The van der Waals surface area contributed by atoms with Gasteiger partial charge >= 0.3 is 0 Å². The third-order valence-electron chi connectivity index (χ3n) is 4.49. The van der Waals surface area contributed by atoms with Gasteiger partial charge in [-0.05, 0) is 55.3 Å². The van der Waals surface area contributed by atoms with E-state index < -0.39 is 0 Å². The van der Waals surface area contributed by atoms with Crippen molar-refractivity contribution in [2.45, 2.75) is 24.3 Å². The molecular formula is C22H18FN3OS. The van der Waals surface area contributed by atoms with Crippen molar-refractivity contribution in [3.8, 4) is 5.82 Å². The molecule has 0 aliphatic carbocycles. The first-order valence-corrected chi connectivity index (χ1v) is 9.78. The summed E-state index contributed by atoms with van der Waals surface area (Å²) in [5.74, 6) is 0.258. The average Bonchev–Trinajstić information content (AvgIpc) is 2.70. The molecule has 0 aliphatic heterocycles. The van der Waals surface area contributed by atoms with Gasteiger partial charge in [0, 0.05) is 11.4 Å². The Balaban J connectivity index is 1.86. The van der Waals surface area contributed by atoms with Crippen LogP contribution in [-0.2, 0) is 0 Å². The van der Waals surface area contributed by atoms with E-state index in [0.717, 1.165) is 11.1 Å². The second-order valence-corrected chi connectivity index (χ2v) is 7.87. The van der Waals surface area contributed by atoms with Gasteiger partial charge in [-0.15, -0.1) is 0 Å². The average molecular weight is 391 g/mol. The number of thioether (sulfide) groups is 1. The molecule has 6 heteroatoms. The predicted molar refractivity (Wildman–Crippen MR) is 111 cm³/mol. The molecule has 0 radical (unpaired) electrons. The molecule has 4 rings (SSSR count). The van der Waals surface area contributed by atoms with Crippen molar-refractivity contribution in [2.75, 3.05) is 0 Å². The van der Waals surface area contributed by atoms with Crippen LogP contribution in [0.4, 0.5) is 4.39 Å². The molecule has 0 bridgehead atoms. The number of halogens is 1. The fraction of sp³-hybridized carbons (Fsp3) is 0.136. The van der Waals surface area contributed by atoms with Crippen LogP contribution in [0.5, 0.6) is 0 Å². The Labute approximate surface area is 166 Å². The Hall–Kier alpha value is -2.99. The van der Waals surface area contributed by atoms with E-state index in [1.54, 1.807) is 29.0 Å².